The fraction of sp³-hybridized carbons (Fsp3) is 0.267. The first-order valence-electron chi connectivity index (χ1n) is 6.30. The summed E-state index contributed by atoms with van der Waals surface area (Å²) in [7, 11) is 0. The van der Waals surface area contributed by atoms with Crippen molar-refractivity contribution in [2.75, 3.05) is 11.4 Å². The number of fused-ring (bicyclic) bond motifs is 1. The number of rotatable bonds is 2. The first-order chi connectivity index (χ1) is 8.83. The third-order valence-corrected chi connectivity index (χ3v) is 3.48. The van der Waals surface area contributed by atoms with E-state index in [-0.39, 0.29) is 0 Å². The van der Waals surface area contributed by atoms with Crippen molar-refractivity contribution in [3.8, 4) is 6.07 Å². The predicted molar refractivity (Wildman–Crippen MR) is 73.4 cm³/mol. The van der Waals surface area contributed by atoms with Gasteiger partial charge in [-0.05, 0) is 31.5 Å². The van der Waals surface area contributed by atoms with E-state index in [4.69, 9.17) is 5.26 Å². The third kappa shape index (κ3) is 1.58. The molecule has 3 nitrogen and oxygen atoms in total. The van der Waals surface area contributed by atoms with Crippen LogP contribution in [0.5, 0.6) is 0 Å². The molecule has 1 aromatic carbocycles. The van der Waals surface area contributed by atoms with E-state index in [0.29, 0.717) is 0 Å². The van der Waals surface area contributed by atoms with Crippen LogP contribution in [0.3, 0.4) is 0 Å². The highest BCUT2D eigenvalue weighted by Gasteiger charge is 2.11. The monoisotopic (exact) mass is 237 g/mol. The fourth-order valence-corrected chi connectivity index (χ4v) is 2.51. The molecular formula is C15H15N3. The van der Waals surface area contributed by atoms with Crippen LogP contribution in [0.4, 0.5) is 5.69 Å². The van der Waals surface area contributed by atoms with Gasteiger partial charge in [-0.2, -0.15) is 5.26 Å². The summed E-state index contributed by atoms with van der Waals surface area (Å²) >= 11 is 0. The number of nitriles is 1. The summed E-state index contributed by atoms with van der Waals surface area (Å²) in [6.07, 6.45) is 7.36. The molecule has 2 aromatic rings. The van der Waals surface area contributed by atoms with Crippen LogP contribution < -0.4 is 4.90 Å². The minimum Gasteiger partial charge on any atom is -0.348 e. The van der Waals surface area contributed by atoms with E-state index in [0.717, 1.165) is 36.0 Å². The molecule has 0 spiro atoms. The van der Waals surface area contributed by atoms with E-state index >= 15 is 0 Å². The Bertz CT molecular complexity index is 658. The van der Waals surface area contributed by atoms with E-state index in [2.05, 4.69) is 52.9 Å². The topological polar surface area (TPSA) is 32.0 Å². The highest BCUT2D eigenvalue weighted by atomic mass is 15.1. The molecule has 0 amide bonds. The van der Waals surface area contributed by atoms with Crippen LogP contribution in [-0.2, 0) is 6.54 Å². The molecule has 0 unspecified atom stereocenters. The highest BCUT2D eigenvalue weighted by molar-refractivity contribution is 5.89. The maximum absolute atomic E-state index is 9.14. The van der Waals surface area contributed by atoms with Gasteiger partial charge in [0.1, 0.15) is 6.07 Å². The Hall–Kier alpha value is -2.21. The zero-order valence-electron chi connectivity index (χ0n) is 10.4. The van der Waals surface area contributed by atoms with Crippen molar-refractivity contribution in [1.82, 2.24) is 4.57 Å². The first kappa shape index (κ1) is 10.9. The Kier molecular flexibility index (Phi) is 2.56. The second-order valence-corrected chi connectivity index (χ2v) is 4.51. The third-order valence-electron chi connectivity index (χ3n) is 3.48. The van der Waals surface area contributed by atoms with Gasteiger partial charge in [0, 0.05) is 36.6 Å². The van der Waals surface area contributed by atoms with E-state index in [9.17, 15) is 0 Å². The Balaban J connectivity index is 2.16. The Morgan fingerprint density at radius 1 is 1.39 bits per heavy atom. The van der Waals surface area contributed by atoms with E-state index in [1.807, 2.05) is 6.20 Å². The van der Waals surface area contributed by atoms with Crippen LogP contribution in [0.15, 0.2) is 36.7 Å². The lowest BCUT2D eigenvalue weighted by molar-refractivity contribution is 0.796. The summed E-state index contributed by atoms with van der Waals surface area (Å²) < 4.78 is 2.14. The summed E-state index contributed by atoms with van der Waals surface area (Å²) in [6, 6.07) is 8.59. The fourth-order valence-electron chi connectivity index (χ4n) is 2.51. The van der Waals surface area contributed by atoms with E-state index in [1.54, 1.807) is 0 Å². The van der Waals surface area contributed by atoms with Gasteiger partial charge < -0.3 is 9.47 Å². The number of anilines is 1. The summed E-state index contributed by atoms with van der Waals surface area (Å²) in [5.74, 6) is 0. The minimum absolute atomic E-state index is 0.760. The van der Waals surface area contributed by atoms with Gasteiger partial charge in [0.05, 0.1) is 11.1 Å². The maximum Gasteiger partial charge on any atom is 0.101 e. The molecule has 0 saturated carbocycles. The smallest absolute Gasteiger partial charge is 0.101 e. The molecule has 0 aliphatic carbocycles. The lowest BCUT2D eigenvalue weighted by Crippen LogP contribution is -2.11. The maximum atomic E-state index is 9.14. The average Bonchev–Trinajstić information content (AvgIpc) is 3.05. The predicted octanol–water partition coefficient (Wildman–Crippen LogP) is 3.26. The lowest BCUT2D eigenvalue weighted by Gasteiger charge is -2.16. The molecule has 0 fully saturated rings. The molecule has 1 aromatic heterocycles. The molecule has 0 radical (unpaired) electrons. The molecule has 3 rings (SSSR count). The van der Waals surface area contributed by atoms with Gasteiger partial charge in [-0.3, -0.25) is 0 Å². The van der Waals surface area contributed by atoms with Gasteiger partial charge in [-0.25, -0.2) is 0 Å². The molecule has 2 heterocycles. The molecule has 0 N–H and O–H groups in total. The number of hydrogen-bond acceptors (Lipinski definition) is 2. The zero-order valence-corrected chi connectivity index (χ0v) is 10.4. The van der Waals surface area contributed by atoms with Gasteiger partial charge in [0.25, 0.3) is 0 Å². The number of aryl methyl sites for hydroxylation is 1. The average molecular weight is 237 g/mol. The standard InChI is InChI=1S/C15H15N3/c1-2-17-11-12(10-16)14-6-5-13(9-15(14)17)18-7-3-4-8-18/h3,5-7,9,11H,2,4,8H2,1H3. The van der Waals surface area contributed by atoms with Crippen LogP contribution in [0.2, 0.25) is 0 Å². The molecule has 0 bridgehead atoms. The van der Waals surface area contributed by atoms with Gasteiger partial charge in [0.15, 0.2) is 0 Å². The van der Waals surface area contributed by atoms with Crippen LogP contribution in [-0.4, -0.2) is 11.1 Å². The van der Waals surface area contributed by atoms with Crippen molar-refractivity contribution < 1.29 is 0 Å². The summed E-state index contributed by atoms with van der Waals surface area (Å²) in [4.78, 5) is 2.25. The van der Waals surface area contributed by atoms with Crippen molar-refractivity contribution >= 4 is 16.6 Å². The largest absolute Gasteiger partial charge is 0.348 e. The zero-order chi connectivity index (χ0) is 12.5. The second kappa shape index (κ2) is 4.23. The number of nitrogens with zero attached hydrogens (tertiary/aromatic N) is 3. The van der Waals surface area contributed by atoms with Crippen molar-refractivity contribution in [1.29, 1.82) is 5.26 Å². The molecule has 1 aliphatic heterocycles. The molecule has 90 valence electrons. The SMILES string of the molecule is CCn1cc(C#N)c2ccc(N3C=CCC3)cc21. The molecule has 0 atom stereocenters. The molecule has 1 aliphatic rings. The number of aromatic nitrogens is 1. The van der Waals surface area contributed by atoms with Gasteiger partial charge in [-0.15, -0.1) is 0 Å². The molecule has 18 heavy (non-hydrogen) atoms. The van der Waals surface area contributed by atoms with Gasteiger partial charge in [-0.1, -0.05) is 6.08 Å². The highest BCUT2D eigenvalue weighted by Crippen LogP contribution is 2.27. The molecule has 0 saturated heterocycles. The van der Waals surface area contributed by atoms with E-state index < -0.39 is 0 Å². The summed E-state index contributed by atoms with van der Waals surface area (Å²) in [5, 5.41) is 10.2. The quantitative estimate of drug-likeness (QED) is 0.803. The normalized spacial score (nSPS) is 14.3. The number of hydrogen-bond donors (Lipinski definition) is 0. The first-order valence-corrected chi connectivity index (χ1v) is 6.30. The van der Waals surface area contributed by atoms with Gasteiger partial charge in [0.2, 0.25) is 0 Å². The Labute approximate surface area is 107 Å². The molecular weight excluding hydrogens is 222 g/mol. The van der Waals surface area contributed by atoms with Crippen LogP contribution in [0.1, 0.15) is 18.9 Å². The second-order valence-electron chi connectivity index (χ2n) is 4.51. The van der Waals surface area contributed by atoms with Crippen LogP contribution in [0, 0.1) is 11.3 Å². The Morgan fingerprint density at radius 2 is 2.28 bits per heavy atom. The lowest BCUT2D eigenvalue weighted by atomic mass is 10.1. The van der Waals surface area contributed by atoms with Crippen molar-refractivity contribution in [2.45, 2.75) is 19.9 Å². The van der Waals surface area contributed by atoms with Gasteiger partial charge >= 0.3 is 0 Å². The van der Waals surface area contributed by atoms with Crippen LogP contribution in [0.25, 0.3) is 10.9 Å². The summed E-state index contributed by atoms with van der Waals surface area (Å²) in [5.41, 5.74) is 3.11. The molecule has 3 heteroatoms. The van der Waals surface area contributed by atoms with Crippen LogP contribution >= 0.6 is 0 Å². The Morgan fingerprint density at radius 3 is 2.94 bits per heavy atom. The van der Waals surface area contributed by atoms with Crippen molar-refractivity contribution in [2.24, 2.45) is 0 Å². The number of benzene rings is 1. The van der Waals surface area contributed by atoms with Crippen molar-refractivity contribution in [3.05, 3.63) is 42.2 Å². The summed E-state index contributed by atoms with van der Waals surface area (Å²) in [6.45, 7) is 4.03. The minimum atomic E-state index is 0.760. The van der Waals surface area contributed by atoms with E-state index in [1.165, 1.54) is 5.69 Å². The van der Waals surface area contributed by atoms with Crippen molar-refractivity contribution in [3.63, 3.8) is 0 Å².